The van der Waals surface area contributed by atoms with E-state index in [0.29, 0.717) is 0 Å². The zero-order valence-corrected chi connectivity index (χ0v) is 12.6. The summed E-state index contributed by atoms with van der Waals surface area (Å²) in [5.74, 6) is 0. The molecule has 0 saturated carbocycles. The molecule has 1 aliphatic heterocycles. The van der Waals surface area contributed by atoms with E-state index in [-0.39, 0.29) is 5.46 Å². The van der Waals surface area contributed by atoms with Gasteiger partial charge < -0.3 is 14.3 Å². The van der Waals surface area contributed by atoms with Crippen molar-refractivity contribution in [1.29, 1.82) is 0 Å². The van der Waals surface area contributed by atoms with Crippen molar-refractivity contribution in [1.82, 2.24) is 4.98 Å². The van der Waals surface area contributed by atoms with Crippen LogP contribution in [0.15, 0.2) is 22.0 Å². The predicted octanol–water partition coefficient (Wildman–Crippen LogP) is -0.678. The fraction of sp³-hybridized carbons (Fsp3) is 0.545. The maximum atomic E-state index is 11.7. The van der Waals surface area contributed by atoms with Gasteiger partial charge in [-0.3, -0.25) is 4.79 Å². The zero-order chi connectivity index (χ0) is 15.3. The molecule has 0 aliphatic carbocycles. The van der Waals surface area contributed by atoms with Crippen molar-refractivity contribution in [2.45, 2.75) is 43.8 Å². The number of nitrogens with one attached hydrogen (secondary N) is 1. The van der Waals surface area contributed by atoms with Crippen LogP contribution in [0.4, 0.5) is 0 Å². The molecule has 0 amide bonds. The summed E-state index contributed by atoms with van der Waals surface area (Å²) in [6.45, 7) is 7.32. The number of pyridine rings is 1. The van der Waals surface area contributed by atoms with Crippen molar-refractivity contribution < 1.29 is 17.7 Å². The molecule has 3 N–H and O–H groups in total. The molecule has 0 spiro atoms. The first-order valence-corrected chi connectivity index (χ1v) is 7.60. The van der Waals surface area contributed by atoms with Gasteiger partial charge in [0.1, 0.15) is 4.90 Å². The molecule has 0 aromatic carbocycles. The monoisotopic (exact) mass is 300 g/mol. The summed E-state index contributed by atoms with van der Waals surface area (Å²) in [7, 11) is -5.14. The second-order valence-electron chi connectivity index (χ2n) is 5.72. The van der Waals surface area contributed by atoms with E-state index < -0.39 is 38.8 Å². The summed E-state index contributed by atoms with van der Waals surface area (Å²) in [5.41, 5.74) is -1.97. The third-order valence-electron chi connectivity index (χ3n) is 3.74. The minimum absolute atomic E-state index is 0.106. The van der Waals surface area contributed by atoms with E-state index in [1.54, 1.807) is 0 Å². The molecule has 9 heteroatoms. The number of sulfonamides is 1. The van der Waals surface area contributed by atoms with E-state index in [4.69, 9.17) is 14.4 Å². The lowest BCUT2D eigenvalue weighted by molar-refractivity contribution is 0.00578. The molecule has 1 aromatic heterocycles. The van der Waals surface area contributed by atoms with Gasteiger partial charge in [-0.25, -0.2) is 13.6 Å². The van der Waals surface area contributed by atoms with E-state index >= 15 is 0 Å². The normalized spacial score (nSPS) is 21.1. The fourth-order valence-corrected chi connectivity index (χ4v) is 2.74. The molecule has 7 nitrogen and oxygen atoms in total. The van der Waals surface area contributed by atoms with Crippen LogP contribution >= 0.6 is 0 Å². The number of nitrogens with two attached hydrogens (primary N) is 1. The predicted molar refractivity (Wildman–Crippen MR) is 74.2 cm³/mol. The van der Waals surface area contributed by atoms with Crippen LogP contribution in [0.2, 0.25) is 0 Å². The van der Waals surface area contributed by atoms with Crippen molar-refractivity contribution in [3.63, 3.8) is 0 Å². The van der Waals surface area contributed by atoms with E-state index in [0.717, 1.165) is 0 Å². The molecule has 1 aliphatic rings. The van der Waals surface area contributed by atoms with Crippen LogP contribution in [-0.4, -0.2) is 31.7 Å². The average molecular weight is 300 g/mol. The van der Waals surface area contributed by atoms with E-state index in [2.05, 4.69) is 4.98 Å². The Morgan fingerprint density at radius 2 is 1.70 bits per heavy atom. The van der Waals surface area contributed by atoms with Gasteiger partial charge >= 0.3 is 7.12 Å². The Kier molecular flexibility index (Phi) is 3.37. The maximum absolute atomic E-state index is 11.7. The Balaban J connectivity index is 2.58. The van der Waals surface area contributed by atoms with Gasteiger partial charge in [-0.05, 0) is 33.8 Å². The van der Waals surface area contributed by atoms with Crippen LogP contribution in [0.1, 0.15) is 27.7 Å². The number of aromatic nitrogens is 1. The SMILES string of the molecule is CC1(C)OB(c2cc[nH]c(=O)c2S(N)(=O)=O)OC1(C)C. The topological polar surface area (TPSA) is 111 Å². The second-order valence-corrected chi connectivity index (χ2v) is 7.22. The summed E-state index contributed by atoms with van der Waals surface area (Å²) >= 11 is 0. The number of H-pyrrole nitrogens is 1. The lowest BCUT2D eigenvalue weighted by Crippen LogP contribution is -2.43. The van der Waals surface area contributed by atoms with Crippen molar-refractivity contribution in [3.05, 3.63) is 22.6 Å². The Bertz CT molecular complexity index is 679. The van der Waals surface area contributed by atoms with Crippen molar-refractivity contribution >= 4 is 22.6 Å². The third kappa shape index (κ3) is 2.42. The summed E-state index contributed by atoms with van der Waals surface area (Å²) < 4.78 is 34.7. The number of primary sulfonamides is 1. The highest BCUT2D eigenvalue weighted by molar-refractivity contribution is 7.89. The smallest absolute Gasteiger partial charge is 0.399 e. The molecular formula is C11H17BN2O5S. The highest BCUT2D eigenvalue weighted by atomic mass is 32.2. The molecule has 2 rings (SSSR count). The number of aromatic amines is 1. The first kappa shape index (κ1) is 15.2. The number of hydrogen-bond acceptors (Lipinski definition) is 5. The first-order valence-electron chi connectivity index (χ1n) is 6.06. The fourth-order valence-electron chi connectivity index (χ4n) is 1.93. The number of hydrogen-bond donors (Lipinski definition) is 2. The molecule has 0 radical (unpaired) electrons. The van der Waals surface area contributed by atoms with E-state index in [1.165, 1.54) is 12.3 Å². The van der Waals surface area contributed by atoms with Crippen molar-refractivity contribution in [2.75, 3.05) is 0 Å². The van der Waals surface area contributed by atoms with Crippen LogP contribution in [0, 0.1) is 0 Å². The lowest BCUT2D eigenvalue weighted by Gasteiger charge is -2.32. The zero-order valence-electron chi connectivity index (χ0n) is 11.8. The molecule has 0 unspecified atom stereocenters. The molecule has 0 bridgehead atoms. The standard InChI is InChI=1S/C11H17BN2O5S/c1-10(2)11(3,4)19-12(18-10)7-5-6-14-9(15)8(7)20(13,16)17/h5-6H,1-4H3,(H,14,15)(H2,13,16,17). The second kappa shape index (κ2) is 4.42. The minimum Gasteiger partial charge on any atom is -0.399 e. The summed E-state index contributed by atoms with van der Waals surface area (Å²) in [6.07, 6.45) is 1.33. The Hall–Kier alpha value is -1.16. The quantitative estimate of drug-likeness (QED) is 0.703. The molecule has 1 saturated heterocycles. The minimum atomic E-state index is -4.18. The van der Waals surface area contributed by atoms with Crippen LogP contribution < -0.4 is 16.2 Å². The van der Waals surface area contributed by atoms with Gasteiger partial charge in [0.2, 0.25) is 10.0 Å². The highest BCUT2D eigenvalue weighted by Gasteiger charge is 2.53. The molecule has 0 atom stereocenters. The molecular weight excluding hydrogens is 283 g/mol. The average Bonchev–Trinajstić information content (AvgIpc) is 2.46. The molecule has 2 heterocycles. The molecule has 1 aromatic rings. The van der Waals surface area contributed by atoms with Gasteiger partial charge in [-0.1, -0.05) is 0 Å². The van der Waals surface area contributed by atoms with Gasteiger partial charge in [0.15, 0.2) is 0 Å². The van der Waals surface area contributed by atoms with Crippen LogP contribution in [-0.2, 0) is 19.3 Å². The molecule has 110 valence electrons. The van der Waals surface area contributed by atoms with Crippen LogP contribution in [0.25, 0.3) is 0 Å². The van der Waals surface area contributed by atoms with Crippen molar-refractivity contribution in [2.24, 2.45) is 5.14 Å². The van der Waals surface area contributed by atoms with Gasteiger partial charge in [0, 0.05) is 11.7 Å². The molecule has 1 fully saturated rings. The summed E-state index contributed by atoms with van der Waals surface area (Å²) in [6, 6.07) is 1.42. The Morgan fingerprint density at radius 3 is 2.15 bits per heavy atom. The van der Waals surface area contributed by atoms with Crippen LogP contribution in [0.3, 0.4) is 0 Å². The number of rotatable bonds is 2. The molecule has 20 heavy (non-hydrogen) atoms. The summed E-state index contributed by atoms with van der Waals surface area (Å²) in [4.78, 5) is 13.5. The van der Waals surface area contributed by atoms with Crippen LogP contribution in [0.5, 0.6) is 0 Å². The maximum Gasteiger partial charge on any atom is 0.496 e. The van der Waals surface area contributed by atoms with E-state index in [9.17, 15) is 13.2 Å². The Morgan fingerprint density at radius 1 is 1.20 bits per heavy atom. The van der Waals surface area contributed by atoms with E-state index in [1.807, 2.05) is 27.7 Å². The largest absolute Gasteiger partial charge is 0.496 e. The summed E-state index contributed by atoms with van der Waals surface area (Å²) in [5, 5.41) is 5.10. The Labute approximate surface area is 117 Å². The highest BCUT2D eigenvalue weighted by Crippen LogP contribution is 2.36. The third-order valence-corrected chi connectivity index (χ3v) is 4.73. The van der Waals surface area contributed by atoms with Gasteiger partial charge in [-0.15, -0.1) is 0 Å². The van der Waals surface area contributed by atoms with Gasteiger partial charge in [0.05, 0.1) is 11.2 Å². The van der Waals surface area contributed by atoms with Crippen molar-refractivity contribution in [3.8, 4) is 0 Å². The van der Waals surface area contributed by atoms with Gasteiger partial charge in [-0.2, -0.15) is 0 Å². The first-order chi connectivity index (χ1) is 8.96. The lowest BCUT2D eigenvalue weighted by atomic mass is 9.80. The van der Waals surface area contributed by atoms with Gasteiger partial charge in [0.25, 0.3) is 5.56 Å².